The molecule has 1 saturated carbocycles. The fraction of sp³-hybridized carbons (Fsp3) is 0.929. The van der Waals surface area contributed by atoms with Gasteiger partial charge in [0, 0.05) is 18.5 Å². The van der Waals surface area contributed by atoms with Crippen LogP contribution < -0.4 is 5.32 Å². The van der Waals surface area contributed by atoms with Gasteiger partial charge in [-0.25, -0.2) is 4.79 Å². The largest absolute Gasteiger partial charge is 0.458 e. The van der Waals surface area contributed by atoms with Crippen LogP contribution >= 0.6 is 0 Å². The van der Waals surface area contributed by atoms with Gasteiger partial charge in [-0.2, -0.15) is 0 Å². The van der Waals surface area contributed by atoms with Crippen LogP contribution in [-0.4, -0.2) is 35.4 Å². The maximum Gasteiger partial charge on any atom is 0.335 e. The average molecular weight is 255 g/mol. The van der Waals surface area contributed by atoms with Gasteiger partial charge < -0.3 is 15.2 Å². The predicted molar refractivity (Wildman–Crippen MR) is 69.1 cm³/mol. The van der Waals surface area contributed by atoms with Crippen LogP contribution in [0.4, 0.5) is 0 Å². The second-order valence-electron chi connectivity index (χ2n) is 6.61. The molecule has 1 aliphatic heterocycles. The molecule has 0 bridgehead atoms. The summed E-state index contributed by atoms with van der Waals surface area (Å²) in [5, 5.41) is 13.6. The topological polar surface area (TPSA) is 58.6 Å². The molecule has 2 fully saturated rings. The van der Waals surface area contributed by atoms with Gasteiger partial charge in [0.05, 0.1) is 0 Å². The van der Waals surface area contributed by atoms with Crippen molar-refractivity contribution in [2.24, 2.45) is 11.8 Å². The van der Waals surface area contributed by atoms with E-state index in [1.165, 1.54) is 19.3 Å². The zero-order chi connectivity index (χ0) is 13.3. The number of ether oxygens (including phenoxy) is 1. The van der Waals surface area contributed by atoms with E-state index in [4.69, 9.17) is 4.74 Å². The number of hydrogen-bond donors (Lipinski definition) is 2. The first kappa shape index (κ1) is 13.8. The minimum atomic E-state index is -0.982. The molecule has 4 nitrogen and oxygen atoms in total. The molecule has 4 atom stereocenters. The maximum absolute atomic E-state index is 11.9. The number of carbonyl (C=O) groups excluding carboxylic acids is 1. The second-order valence-corrected chi connectivity index (χ2v) is 6.61. The van der Waals surface area contributed by atoms with Gasteiger partial charge in [0.1, 0.15) is 5.60 Å². The minimum absolute atomic E-state index is 0.0187. The number of aliphatic hydroxyl groups is 1. The van der Waals surface area contributed by atoms with Gasteiger partial charge in [0.2, 0.25) is 0 Å². The standard InChI is InChI=1S/C14H25NO3/c1-14(2,3)18-13(17)12(16)10-8-15-11-7-5-4-6-9(10)11/h9-12,15-16H,4-8H2,1-3H3/t9?,10?,11?,12-/m0/s1. The highest BCUT2D eigenvalue weighted by molar-refractivity contribution is 5.75. The van der Waals surface area contributed by atoms with Crippen molar-refractivity contribution in [3.05, 3.63) is 0 Å². The molecule has 3 unspecified atom stereocenters. The van der Waals surface area contributed by atoms with E-state index >= 15 is 0 Å². The van der Waals surface area contributed by atoms with Crippen LogP contribution in [0.25, 0.3) is 0 Å². The number of rotatable bonds is 2. The van der Waals surface area contributed by atoms with Gasteiger partial charge in [0.15, 0.2) is 6.10 Å². The molecule has 18 heavy (non-hydrogen) atoms. The van der Waals surface area contributed by atoms with Crippen LogP contribution in [0, 0.1) is 11.8 Å². The summed E-state index contributed by atoms with van der Waals surface area (Å²) in [5.41, 5.74) is -0.532. The summed E-state index contributed by atoms with van der Waals surface area (Å²) in [4.78, 5) is 11.9. The lowest BCUT2D eigenvalue weighted by atomic mass is 9.78. The predicted octanol–water partition coefficient (Wildman–Crippen LogP) is 1.47. The summed E-state index contributed by atoms with van der Waals surface area (Å²) in [7, 11) is 0. The van der Waals surface area contributed by atoms with Gasteiger partial charge in [-0.15, -0.1) is 0 Å². The number of aliphatic hydroxyl groups excluding tert-OH is 1. The smallest absolute Gasteiger partial charge is 0.335 e. The Hall–Kier alpha value is -0.610. The van der Waals surface area contributed by atoms with Crippen molar-refractivity contribution >= 4 is 5.97 Å². The molecule has 0 aromatic heterocycles. The van der Waals surface area contributed by atoms with Crippen molar-refractivity contribution in [3.8, 4) is 0 Å². The van der Waals surface area contributed by atoms with Crippen LogP contribution in [0.5, 0.6) is 0 Å². The van der Waals surface area contributed by atoms with Crippen LogP contribution in [-0.2, 0) is 9.53 Å². The highest BCUT2D eigenvalue weighted by Gasteiger charge is 2.43. The van der Waals surface area contributed by atoms with Gasteiger partial charge >= 0.3 is 5.97 Å². The lowest BCUT2D eigenvalue weighted by Crippen LogP contribution is -2.40. The number of carbonyl (C=O) groups is 1. The van der Waals surface area contributed by atoms with Crippen molar-refractivity contribution < 1.29 is 14.6 Å². The fourth-order valence-corrected chi connectivity index (χ4v) is 3.25. The monoisotopic (exact) mass is 255 g/mol. The molecular weight excluding hydrogens is 230 g/mol. The van der Waals surface area contributed by atoms with Gasteiger partial charge in [0.25, 0.3) is 0 Å². The van der Waals surface area contributed by atoms with E-state index in [1.807, 2.05) is 20.8 Å². The fourth-order valence-electron chi connectivity index (χ4n) is 3.25. The first-order valence-corrected chi connectivity index (χ1v) is 7.03. The van der Waals surface area contributed by atoms with E-state index in [2.05, 4.69) is 5.32 Å². The molecule has 1 heterocycles. The van der Waals surface area contributed by atoms with E-state index < -0.39 is 17.7 Å². The Morgan fingerprint density at radius 1 is 1.33 bits per heavy atom. The molecule has 2 aliphatic rings. The van der Waals surface area contributed by atoms with Gasteiger partial charge in [-0.3, -0.25) is 0 Å². The molecule has 0 radical (unpaired) electrons. The quantitative estimate of drug-likeness (QED) is 0.734. The van der Waals surface area contributed by atoms with Crippen molar-refractivity contribution in [2.75, 3.05) is 6.54 Å². The lowest BCUT2D eigenvalue weighted by molar-refractivity contribution is -0.168. The van der Waals surface area contributed by atoms with E-state index in [0.29, 0.717) is 12.0 Å². The minimum Gasteiger partial charge on any atom is -0.458 e. The second kappa shape index (κ2) is 5.17. The number of hydrogen-bond acceptors (Lipinski definition) is 4. The number of nitrogens with one attached hydrogen (secondary N) is 1. The van der Waals surface area contributed by atoms with Crippen molar-refractivity contribution in [1.82, 2.24) is 5.32 Å². The molecule has 0 spiro atoms. The normalized spacial score (nSPS) is 33.9. The highest BCUT2D eigenvalue weighted by atomic mass is 16.6. The summed E-state index contributed by atoms with van der Waals surface area (Å²) in [6, 6.07) is 0.487. The average Bonchev–Trinajstić information content (AvgIpc) is 2.69. The van der Waals surface area contributed by atoms with Crippen molar-refractivity contribution in [3.63, 3.8) is 0 Å². The van der Waals surface area contributed by atoms with Crippen molar-refractivity contribution in [2.45, 2.75) is 64.2 Å². The molecule has 1 aliphatic carbocycles. The number of fused-ring (bicyclic) bond motifs is 1. The molecule has 0 aromatic carbocycles. The van der Waals surface area contributed by atoms with Gasteiger partial charge in [-0.1, -0.05) is 12.8 Å². The summed E-state index contributed by atoms with van der Waals surface area (Å²) in [5.74, 6) is -0.0214. The van der Waals surface area contributed by atoms with Crippen LogP contribution in [0.15, 0.2) is 0 Å². The summed E-state index contributed by atoms with van der Waals surface area (Å²) >= 11 is 0. The first-order chi connectivity index (χ1) is 8.38. The molecular formula is C14H25NO3. The van der Waals surface area contributed by atoms with E-state index in [1.54, 1.807) is 0 Å². The van der Waals surface area contributed by atoms with Crippen LogP contribution in [0.3, 0.4) is 0 Å². The van der Waals surface area contributed by atoms with E-state index in [9.17, 15) is 9.90 Å². The summed E-state index contributed by atoms with van der Waals surface area (Å²) in [6.45, 7) is 6.21. The molecule has 4 heteroatoms. The molecule has 0 amide bonds. The molecule has 2 rings (SSSR count). The third kappa shape index (κ3) is 3.04. The Bertz CT molecular complexity index is 311. The Balaban J connectivity index is 1.96. The summed E-state index contributed by atoms with van der Waals surface area (Å²) < 4.78 is 5.27. The molecule has 2 N–H and O–H groups in total. The molecule has 104 valence electrons. The van der Waals surface area contributed by atoms with Crippen LogP contribution in [0.2, 0.25) is 0 Å². The first-order valence-electron chi connectivity index (χ1n) is 7.03. The Labute approximate surface area is 109 Å². The highest BCUT2D eigenvalue weighted by Crippen LogP contribution is 2.36. The molecule has 1 saturated heterocycles. The SMILES string of the molecule is CC(C)(C)OC(=O)[C@@H](O)C1CNC2CCCCC21. The van der Waals surface area contributed by atoms with Gasteiger partial charge in [-0.05, 0) is 39.5 Å². The Kier molecular flexibility index (Phi) is 3.97. The third-order valence-electron chi connectivity index (χ3n) is 4.04. The maximum atomic E-state index is 11.9. The van der Waals surface area contributed by atoms with E-state index in [-0.39, 0.29) is 5.92 Å². The zero-order valence-electron chi connectivity index (χ0n) is 11.6. The zero-order valence-corrected chi connectivity index (χ0v) is 11.6. The third-order valence-corrected chi connectivity index (χ3v) is 4.04. The number of esters is 1. The van der Waals surface area contributed by atoms with Crippen LogP contribution in [0.1, 0.15) is 46.5 Å². The van der Waals surface area contributed by atoms with Crippen molar-refractivity contribution in [1.29, 1.82) is 0 Å². The lowest BCUT2D eigenvalue weighted by Gasteiger charge is -2.31. The Morgan fingerprint density at radius 3 is 2.67 bits per heavy atom. The molecule has 0 aromatic rings. The summed E-state index contributed by atoms with van der Waals surface area (Å²) in [6.07, 6.45) is 3.76. The Morgan fingerprint density at radius 2 is 2.00 bits per heavy atom. The van der Waals surface area contributed by atoms with E-state index in [0.717, 1.165) is 13.0 Å².